The van der Waals surface area contributed by atoms with E-state index in [1.165, 1.54) is 6.92 Å². The van der Waals surface area contributed by atoms with Crippen LogP contribution in [-0.2, 0) is 0 Å². The van der Waals surface area contributed by atoms with Crippen molar-refractivity contribution in [1.82, 2.24) is 0 Å². The lowest BCUT2D eigenvalue weighted by Gasteiger charge is -2.46. The van der Waals surface area contributed by atoms with E-state index in [1.807, 2.05) is 13.8 Å². The van der Waals surface area contributed by atoms with Gasteiger partial charge in [-0.05, 0) is 19.3 Å². The van der Waals surface area contributed by atoms with Gasteiger partial charge in [0.2, 0.25) is 0 Å². The molecule has 1 atom stereocenters. The van der Waals surface area contributed by atoms with E-state index in [4.69, 9.17) is 0 Å². The molecule has 1 unspecified atom stereocenters. The predicted molar refractivity (Wildman–Crippen MR) is 68.5 cm³/mol. The topological polar surface area (TPSA) is 20.2 Å². The summed E-state index contributed by atoms with van der Waals surface area (Å²) in [6, 6.07) is 0. The highest BCUT2D eigenvalue weighted by Gasteiger charge is 2.61. The maximum Gasteiger partial charge on any atom is 0.417 e. The van der Waals surface area contributed by atoms with E-state index < -0.39 is 17.2 Å². The fourth-order valence-corrected chi connectivity index (χ4v) is 2.64. The molecule has 0 aromatic heterocycles. The zero-order valence-electron chi connectivity index (χ0n) is 12.0. The minimum Gasteiger partial charge on any atom is -0.380 e. The Labute approximate surface area is 109 Å². The highest BCUT2D eigenvalue weighted by atomic mass is 19.4. The third-order valence-electron chi connectivity index (χ3n) is 4.14. The SMILES string of the molecule is CCCCC(C)(CCCC)C(O)(CC)C(F)(F)F. The summed E-state index contributed by atoms with van der Waals surface area (Å²) in [4.78, 5) is 0. The van der Waals surface area contributed by atoms with Crippen LogP contribution in [0.5, 0.6) is 0 Å². The van der Waals surface area contributed by atoms with Crippen molar-refractivity contribution in [3.63, 3.8) is 0 Å². The number of alkyl halides is 3. The van der Waals surface area contributed by atoms with E-state index in [2.05, 4.69) is 0 Å². The number of unbranched alkanes of at least 4 members (excludes halogenated alkanes) is 2. The predicted octanol–water partition coefficient (Wildman–Crippen LogP) is 5.08. The molecule has 0 aliphatic heterocycles. The molecule has 0 radical (unpaired) electrons. The molecule has 0 aliphatic carbocycles. The number of aliphatic hydroxyl groups is 1. The second kappa shape index (κ2) is 6.78. The molecule has 0 aliphatic rings. The highest BCUT2D eigenvalue weighted by molar-refractivity contribution is 5.00. The molecule has 1 nitrogen and oxygen atoms in total. The van der Waals surface area contributed by atoms with Gasteiger partial charge in [0.15, 0.2) is 5.60 Å². The van der Waals surface area contributed by atoms with Crippen molar-refractivity contribution in [3.8, 4) is 0 Å². The average molecular weight is 268 g/mol. The fourth-order valence-electron chi connectivity index (χ4n) is 2.64. The van der Waals surface area contributed by atoms with E-state index in [0.29, 0.717) is 12.8 Å². The molecular formula is C14H27F3O. The molecule has 0 aromatic rings. The van der Waals surface area contributed by atoms with Crippen LogP contribution in [0.4, 0.5) is 13.2 Å². The zero-order chi connectivity index (χ0) is 14.4. The summed E-state index contributed by atoms with van der Waals surface area (Å²) in [5.74, 6) is 0. The van der Waals surface area contributed by atoms with Crippen LogP contribution in [0.15, 0.2) is 0 Å². The monoisotopic (exact) mass is 268 g/mol. The van der Waals surface area contributed by atoms with Gasteiger partial charge in [0, 0.05) is 5.41 Å². The molecule has 0 spiro atoms. The largest absolute Gasteiger partial charge is 0.417 e. The lowest BCUT2D eigenvalue weighted by molar-refractivity contribution is -0.304. The van der Waals surface area contributed by atoms with Gasteiger partial charge in [0.05, 0.1) is 0 Å². The summed E-state index contributed by atoms with van der Waals surface area (Å²) < 4.78 is 39.6. The van der Waals surface area contributed by atoms with Crippen LogP contribution in [0, 0.1) is 5.41 Å². The summed E-state index contributed by atoms with van der Waals surface area (Å²) in [6.07, 6.45) is -0.852. The smallest absolute Gasteiger partial charge is 0.380 e. The number of hydrogen-bond acceptors (Lipinski definition) is 1. The third-order valence-corrected chi connectivity index (χ3v) is 4.14. The first-order valence-electron chi connectivity index (χ1n) is 6.97. The molecular weight excluding hydrogens is 241 g/mol. The van der Waals surface area contributed by atoms with Crippen molar-refractivity contribution in [2.24, 2.45) is 5.41 Å². The molecule has 4 heteroatoms. The second-order valence-corrected chi connectivity index (χ2v) is 5.48. The summed E-state index contributed by atoms with van der Waals surface area (Å²) >= 11 is 0. The summed E-state index contributed by atoms with van der Waals surface area (Å²) in [6.45, 7) is 6.93. The van der Waals surface area contributed by atoms with Gasteiger partial charge in [-0.1, -0.05) is 53.4 Å². The van der Waals surface area contributed by atoms with Crippen LogP contribution >= 0.6 is 0 Å². The Morgan fingerprint density at radius 3 is 1.50 bits per heavy atom. The molecule has 0 saturated carbocycles. The van der Waals surface area contributed by atoms with Crippen LogP contribution in [0.25, 0.3) is 0 Å². The quantitative estimate of drug-likeness (QED) is 0.651. The number of rotatable bonds is 8. The normalized spacial score (nSPS) is 16.7. The number of halogens is 3. The standard InChI is InChI=1S/C14H27F3O/c1-5-8-10-12(4,11-9-6-2)13(18,7-3)14(15,16)17/h18H,5-11H2,1-4H3. The van der Waals surface area contributed by atoms with Crippen molar-refractivity contribution in [1.29, 1.82) is 0 Å². The summed E-state index contributed by atoms with van der Waals surface area (Å²) in [7, 11) is 0. The van der Waals surface area contributed by atoms with Crippen LogP contribution in [0.2, 0.25) is 0 Å². The first-order chi connectivity index (χ1) is 8.18. The molecule has 0 aromatic carbocycles. The Balaban J connectivity index is 5.23. The average Bonchev–Trinajstić information content (AvgIpc) is 2.31. The molecule has 0 bridgehead atoms. The van der Waals surface area contributed by atoms with E-state index in [1.54, 1.807) is 6.92 Å². The lowest BCUT2D eigenvalue weighted by atomic mass is 9.65. The van der Waals surface area contributed by atoms with E-state index in [9.17, 15) is 18.3 Å². The van der Waals surface area contributed by atoms with Gasteiger partial charge in [-0.3, -0.25) is 0 Å². The van der Waals surface area contributed by atoms with Gasteiger partial charge in [-0.15, -0.1) is 0 Å². The first kappa shape index (κ1) is 17.8. The maximum atomic E-state index is 13.2. The Morgan fingerprint density at radius 2 is 1.28 bits per heavy atom. The molecule has 1 N–H and O–H groups in total. The van der Waals surface area contributed by atoms with Crippen molar-refractivity contribution in [2.75, 3.05) is 0 Å². The van der Waals surface area contributed by atoms with Crippen molar-refractivity contribution >= 4 is 0 Å². The van der Waals surface area contributed by atoms with Crippen molar-refractivity contribution in [2.45, 2.75) is 84.4 Å². The molecule has 18 heavy (non-hydrogen) atoms. The minimum atomic E-state index is -4.56. The molecule has 0 fully saturated rings. The lowest BCUT2D eigenvalue weighted by Crippen LogP contribution is -2.57. The van der Waals surface area contributed by atoms with Crippen molar-refractivity contribution in [3.05, 3.63) is 0 Å². The molecule has 0 heterocycles. The number of hydrogen-bond donors (Lipinski definition) is 1. The van der Waals surface area contributed by atoms with E-state index in [0.717, 1.165) is 25.7 Å². The Bertz CT molecular complexity index is 230. The van der Waals surface area contributed by atoms with E-state index >= 15 is 0 Å². The minimum absolute atomic E-state index is 0.277. The zero-order valence-corrected chi connectivity index (χ0v) is 12.0. The third kappa shape index (κ3) is 3.62. The maximum absolute atomic E-state index is 13.2. The second-order valence-electron chi connectivity index (χ2n) is 5.48. The molecule has 0 saturated heterocycles. The first-order valence-corrected chi connectivity index (χ1v) is 6.97. The molecule has 0 rings (SSSR count). The van der Waals surface area contributed by atoms with E-state index in [-0.39, 0.29) is 6.42 Å². The summed E-state index contributed by atoms with van der Waals surface area (Å²) in [5, 5.41) is 10.2. The Morgan fingerprint density at radius 1 is 0.889 bits per heavy atom. The van der Waals surface area contributed by atoms with Crippen LogP contribution in [0.1, 0.15) is 72.6 Å². The van der Waals surface area contributed by atoms with Gasteiger partial charge in [0.1, 0.15) is 0 Å². The van der Waals surface area contributed by atoms with Crippen molar-refractivity contribution < 1.29 is 18.3 Å². The highest BCUT2D eigenvalue weighted by Crippen LogP contribution is 2.51. The Hall–Kier alpha value is -0.250. The van der Waals surface area contributed by atoms with Gasteiger partial charge in [-0.25, -0.2) is 0 Å². The van der Waals surface area contributed by atoms with Crippen LogP contribution in [-0.4, -0.2) is 16.9 Å². The van der Waals surface area contributed by atoms with Crippen LogP contribution in [0.3, 0.4) is 0 Å². The van der Waals surface area contributed by atoms with Gasteiger partial charge < -0.3 is 5.11 Å². The fraction of sp³-hybridized carbons (Fsp3) is 1.00. The summed E-state index contributed by atoms with van der Waals surface area (Å²) in [5.41, 5.74) is -3.64. The van der Waals surface area contributed by atoms with Crippen LogP contribution < -0.4 is 0 Å². The molecule has 0 amide bonds. The Kier molecular flexibility index (Phi) is 6.69. The van der Waals surface area contributed by atoms with Gasteiger partial charge in [-0.2, -0.15) is 13.2 Å². The van der Waals surface area contributed by atoms with Gasteiger partial charge in [0.25, 0.3) is 0 Å². The van der Waals surface area contributed by atoms with Gasteiger partial charge >= 0.3 is 6.18 Å². The molecule has 110 valence electrons.